The highest BCUT2D eigenvalue weighted by Crippen LogP contribution is 1.94. The van der Waals surface area contributed by atoms with Crippen molar-refractivity contribution in [1.82, 2.24) is 4.90 Å². The summed E-state index contributed by atoms with van der Waals surface area (Å²) >= 11 is 0. The standard InChI is InChI=1S/C9H17NO/c1-4-7-8-9(11)10(5-2)6-3/h4,7H,5-6,8H2,1-3H3. The summed E-state index contributed by atoms with van der Waals surface area (Å²) in [6, 6.07) is 0. The van der Waals surface area contributed by atoms with Crippen LogP contribution in [0.2, 0.25) is 0 Å². The van der Waals surface area contributed by atoms with Gasteiger partial charge in [0.1, 0.15) is 0 Å². The number of hydrogen-bond donors (Lipinski definition) is 0. The molecule has 2 nitrogen and oxygen atoms in total. The van der Waals surface area contributed by atoms with Gasteiger partial charge in [0.25, 0.3) is 0 Å². The summed E-state index contributed by atoms with van der Waals surface area (Å²) in [5, 5.41) is 0. The van der Waals surface area contributed by atoms with Gasteiger partial charge in [0.2, 0.25) is 5.91 Å². The van der Waals surface area contributed by atoms with Crippen molar-refractivity contribution >= 4 is 5.91 Å². The van der Waals surface area contributed by atoms with Gasteiger partial charge < -0.3 is 4.90 Å². The van der Waals surface area contributed by atoms with Gasteiger partial charge in [-0.15, -0.1) is 0 Å². The smallest absolute Gasteiger partial charge is 0.226 e. The van der Waals surface area contributed by atoms with Crippen LogP contribution in [0.5, 0.6) is 0 Å². The lowest BCUT2D eigenvalue weighted by atomic mass is 10.3. The van der Waals surface area contributed by atoms with E-state index in [2.05, 4.69) is 0 Å². The van der Waals surface area contributed by atoms with Gasteiger partial charge in [-0.25, -0.2) is 0 Å². The van der Waals surface area contributed by atoms with Crippen LogP contribution >= 0.6 is 0 Å². The third-order valence-electron chi connectivity index (χ3n) is 1.64. The van der Waals surface area contributed by atoms with Crippen molar-refractivity contribution in [2.75, 3.05) is 13.1 Å². The number of amides is 1. The van der Waals surface area contributed by atoms with E-state index in [9.17, 15) is 4.79 Å². The normalized spacial score (nSPS) is 10.5. The molecule has 2 heteroatoms. The second kappa shape index (κ2) is 5.96. The van der Waals surface area contributed by atoms with Crippen molar-refractivity contribution in [3.8, 4) is 0 Å². The molecule has 0 radical (unpaired) electrons. The van der Waals surface area contributed by atoms with Gasteiger partial charge in [0.15, 0.2) is 0 Å². The number of nitrogens with zero attached hydrogens (tertiary/aromatic N) is 1. The third kappa shape index (κ3) is 3.81. The number of carbonyl (C=O) groups is 1. The summed E-state index contributed by atoms with van der Waals surface area (Å²) in [4.78, 5) is 13.1. The molecule has 0 fully saturated rings. The molecule has 0 aliphatic carbocycles. The molecule has 0 unspecified atom stereocenters. The molecule has 0 heterocycles. The van der Waals surface area contributed by atoms with Gasteiger partial charge in [-0.1, -0.05) is 12.2 Å². The van der Waals surface area contributed by atoms with E-state index in [1.54, 1.807) is 0 Å². The second-order valence-electron chi connectivity index (χ2n) is 2.34. The van der Waals surface area contributed by atoms with E-state index in [4.69, 9.17) is 0 Å². The first-order valence-electron chi connectivity index (χ1n) is 4.15. The highest BCUT2D eigenvalue weighted by atomic mass is 16.2. The van der Waals surface area contributed by atoms with Crippen LogP contribution in [0.25, 0.3) is 0 Å². The predicted octanol–water partition coefficient (Wildman–Crippen LogP) is 1.82. The first-order chi connectivity index (χ1) is 5.26. The van der Waals surface area contributed by atoms with Crippen molar-refractivity contribution in [2.45, 2.75) is 27.2 Å². The lowest BCUT2D eigenvalue weighted by molar-refractivity contribution is -0.129. The zero-order valence-electron chi connectivity index (χ0n) is 7.63. The Bertz CT molecular complexity index is 136. The van der Waals surface area contributed by atoms with Gasteiger partial charge in [-0.05, 0) is 20.8 Å². The Kier molecular flexibility index (Phi) is 5.53. The molecule has 0 saturated carbocycles. The van der Waals surface area contributed by atoms with Crippen LogP contribution in [-0.4, -0.2) is 23.9 Å². The monoisotopic (exact) mass is 155 g/mol. The molecule has 0 aliphatic rings. The fraction of sp³-hybridized carbons (Fsp3) is 0.667. The van der Waals surface area contributed by atoms with E-state index in [1.807, 2.05) is 37.8 Å². The van der Waals surface area contributed by atoms with Crippen LogP contribution in [0.3, 0.4) is 0 Å². The Balaban J connectivity index is 3.79. The van der Waals surface area contributed by atoms with E-state index < -0.39 is 0 Å². The highest BCUT2D eigenvalue weighted by Gasteiger charge is 2.05. The fourth-order valence-electron chi connectivity index (χ4n) is 0.924. The molecule has 0 aromatic carbocycles. The van der Waals surface area contributed by atoms with E-state index in [0.29, 0.717) is 6.42 Å². The van der Waals surface area contributed by atoms with E-state index >= 15 is 0 Å². The minimum absolute atomic E-state index is 0.216. The maximum atomic E-state index is 11.2. The Hall–Kier alpha value is -0.790. The summed E-state index contributed by atoms with van der Waals surface area (Å²) in [7, 11) is 0. The molecule has 0 saturated heterocycles. The van der Waals surface area contributed by atoms with Gasteiger partial charge in [0, 0.05) is 19.5 Å². The maximum absolute atomic E-state index is 11.2. The van der Waals surface area contributed by atoms with Crippen LogP contribution in [-0.2, 0) is 4.79 Å². The quantitative estimate of drug-likeness (QED) is 0.567. The molecule has 64 valence electrons. The average Bonchev–Trinajstić information content (AvgIpc) is 2.03. The second-order valence-corrected chi connectivity index (χ2v) is 2.34. The molecule has 0 aromatic heterocycles. The summed E-state index contributed by atoms with van der Waals surface area (Å²) in [5.74, 6) is 0.216. The van der Waals surface area contributed by atoms with Crippen LogP contribution < -0.4 is 0 Å². The average molecular weight is 155 g/mol. The van der Waals surface area contributed by atoms with Crippen LogP contribution in [0.4, 0.5) is 0 Å². The van der Waals surface area contributed by atoms with Gasteiger partial charge >= 0.3 is 0 Å². The topological polar surface area (TPSA) is 20.3 Å². The highest BCUT2D eigenvalue weighted by molar-refractivity contribution is 5.77. The molecular formula is C9H17NO. The van der Waals surface area contributed by atoms with Crippen molar-refractivity contribution in [3.05, 3.63) is 12.2 Å². The molecule has 11 heavy (non-hydrogen) atoms. The Labute approximate surface area is 68.9 Å². The molecule has 0 N–H and O–H groups in total. The Morgan fingerprint density at radius 3 is 2.27 bits per heavy atom. The number of allylic oxidation sites excluding steroid dienone is 1. The molecular weight excluding hydrogens is 138 g/mol. The zero-order valence-corrected chi connectivity index (χ0v) is 7.63. The molecule has 1 amide bonds. The maximum Gasteiger partial charge on any atom is 0.226 e. The predicted molar refractivity (Wildman–Crippen MR) is 47.4 cm³/mol. The van der Waals surface area contributed by atoms with Crippen molar-refractivity contribution in [3.63, 3.8) is 0 Å². The molecule has 0 aliphatic heterocycles. The summed E-state index contributed by atoms with van der Waals surface area (Å²) in [5.41, 5.74) is 0. The number of rotatable bonds is 4. The molecule has 0 bridgehead atoms. The first kappa shape index (κ1) is 10.2. The molecule has 0 rings (SSSR count). The lowest BCUT2D eigenvalue weighted by Crippen LogP contribution is -2.29. The fourth-order valence-corrected chi connectivity index (χ4v) is 0.924. The number of carbonyl (C=O) groups excluding carboxylic acids is 1. The van der Waals surface area contributed by atoms with Gasteiger partial charge in [0.05, 0.1) is 0 Å². The lowest BCUT2D eigenvalue weighted by Gasteiger charge is -2.17. The van der Waals surface area contributed by atoms with E-state index in [-0.39, 0.29) is 5.91 Å². The SMILES string of the molecule is CC=CCC(=O)N(CC)CC. The number of hydrogen-bond acceptors (Lipinski definition) is 1. The molecule has 0 aromatic rings. The third-order valence-corrected chi connectivity index (χ3v) is 1.64. The minimum atomic E-state index is 0.216. The molecule has 0 spiro atoms. The zero-order chi connectivity index (χ0) is 8.69. The van der Waals surface area contributed by atoms with Gasteiger partial charge in [-0.2, -0.15) is 0 Å². The van der Waals surface area contributed by atoms with Crippen LogP contribution in [0, 0.1) is 0 Å². The molecule has 0 atom stereocenters. The van der Waals surface area contributed by atoms with Crippen molar-refractivity contribution in [2.24, 2.45) is 0 Å². The first-order valence-corrected chi connectivity index (χ1v) is 4.15. The van der Waals surface area contributed by atoms with Crippen molar-refractivity contribution in [1.29, 1.82) is 0 Å². The van der Waals surface area contributed by atoms with E-state index in [1.165, 1.54) is 0 Å². The van der Waals surface area contributed by atoms with Crippen LogP contribution in [0.15, 0.2) is 12.2 Å². The largest absolute Gasteiger partial charge is 0.343 e. The van der Waals surface area contributed by atoms with Crippen LogP contribution in [0.1, 0.15) is 27.2 Å². The summed E-state index contributed by atoms with van der Waals surface area (Å²) in [6.45, 7) is 7.55. The van der Waals surface area contributed by atoms with E-state index in [0.717, 1.165) is 13.1 Å². The summed E-state index contributed by atoms with van der Waals surface area (Å²) in [6.07, 6.45) is 4.33. The van der Waals surface area contributed by atoms with Crippen molar-refractivity contribution < 1.29 is 4.79 Å². The minimum Gasteiger partial charge on any atom is -0.343 e. The van der Waals surface area contributed by atoms with Gasteiger partial charge in [-0.3, -0.25) is 4.79 Å². The Morgan fingerprint density at radius 1 is 1.36 bits per heavy atom. The summed E-state index contributed by atoms with van der Waals surface area (Å²) < 4.78 is 0. The Morgan fingerprint density at radius 2 is 1.91 bits per heavy atom.